The van der Waals surface area contributed by atoms with Crippen molar-refractivity contribution < 1.29 is 27.8 Å². The van der Waals surface area contributed by atoms with E-state index in [2.05, 4.69) is 11.6 Å². The van der Waals surface area contributed by atoms with Gasteiger partial charge in [-0.05, 0) is 56.5 Å². The fraction of sp³-hybridized carbons (Fsp3) is 0.379. The molecule has 0 aliphatic carbocycles. The third-order valence-corrected chi connectivity index (χ3v) is 5.74. The fourth-order valence-electron chi connectivity index (χ4n) is 3.56. The first-order valence-electron chi connectivity index (χ1n) is 12.6. The summed E-state index contributed by atoms with van der Waals surface area (Å²) < 4.78 is 45.3. The van der Waals surface area contributed by atoms with Crippen LogP contribution in [0.1, 0.15) is 32.0 Å². The van der Waals surface area contributed by atoms with Gasteiger partial charge in [0.25, 0.3) is 0 Å². The molecule has 0 aliphatic heterocycles. The molecule has 2 N–H and O–H groups in total. The smallest absolute Gasteiger partial charge is 0.240 e. The largest absolute Gasteiger partial charge is 0.489 e. The van der Waals surface area contributed by atoms with Gasteiger partial charge in [-0.25, -0.2) is 13.8 Å². The second-order valence-electron chi connectivity index (χ2n) is 8.62. The molecular formula is C29H36ClF2N3O4. The second-order valence-corrected chi connectivity index (χ2v) is 8.98. The average molecular weight is 564 g/mol. The summed E-state index contributed by atoms with van der Waals surface area (Å²) in [7, 11) is 0. The number of allylic oxidation sites excluding steroid dienone is 4. The van der Waals surface area contributed by atoms with Gasteiger partial charge in [-0.2, -0.15) is 0 Å². The maximum Gasteiger partial charge on any atom is 0.240 e. The number of pyridine rings is 1. The maximum absolute atomic E-state index is 14.9. The molecule has 39 heavy (non-hydrogen) atoms. The molecule has 2 rings (SSSR count). The number of carbonyl (C=O) groups excluding carboxylic acids is 1. The molecule has 1 amide bonds. The lowest BCUT2D eigenvalue weighted by Gasteiger charge is -2.29. The Bertz CT molecular complexity index is 1150. The summed E-state index contributed by atoms with van der Waals surface area (Å²) >= 11 is 5.83. The zero-order chi connectivity index (χ0) is 28.8. The highest BCUT2D eigenvalue weighted by molar-refractivity contribution is 6.29. The number of ether oxygens (including phenoxy) is 3. The van der Waals surface area contributed by atoms with Crippen molar-refractivity contribution in [2.24, 2.45) is 5.73 Å². The Morgan fingerprint density at radius 2 is 1.87 bits per heavy atom. The molecule has 0 fully saturated rings. The van der Waals surface area contributed by atoms with E-state index < -0.39 is 29.9 Å². The number of halogens is 3. The molecule has 2 aromatic rings. The minimum Gasteiger partial charge on any atom is -0.489 e. The van der Waals surface area contributed by atoms with E-state index in [0.717, 1.165) is 5.57 Å². The Labute approximate surface area is 233 Å². The van der Waals surface area contributed by atoms with Gasteiger partial charge in [-0.15, -0.1) is 0 Å². The molecule has 0 aliphatic rings. The van der Waals surface area contributed by atoms with Crippen molar-refractivity contribution in [1.82, 2.24) is 9.88 Å². The van der Waals surface area contributed by atoms with Crippen LogP contribution in [0.3, 0.4) is 0 Å². The first kappa shape index (κ1) is 32.1. The van der Waals surface area contributed by atoms with Gasteiger partial charge in [0.05, 0.1) is 24.8 Å². The molecule has 0 saturated heterocycles. The van der Waals surface area contributed by atoms with E-state index in [1.165, 1.54) is 23.1 Å². The minimum atomic E-state index is -1.08. The van der Waals surface area contributed by atoms with Crippen LogP contribution in [0.5, 0.6) is 5.75 Å². The van der Waals surface area contributed by atoms with Gasteiger partial charge in [-0.1, -0.05) is 48.6 Å². The van der Waals surface area contributed by atoms with E-state index in [9.17, 15) is 13.6 Å². The van der Waals surface area contributed by atoms with Gasteiger partial charge < -0.3 is 24.8 Å². The fourth-order valence-corrected chi connectivity index (χ4v) is 3.73. The third-order valence-electron chi connectivity index (χ3n) is 5.48. The lowest BCUT2D eigenvalue weighted by atomic mass is 10.0. The van der Waals surface area contributed by atoms with Crippen molar-refractivity contribution in [3.05, 3.63) is 94.8 Å². The molecule has 1 atom stereocenters. The van der Waals surface area contributed by atoms with Crippen LogP contribution in [0, 0.1) is 11.6 Å². The van der Waals surface area contributed by atoms with E-state index in [0.29, 0.717) is 24.7 Å². The van der Waals surface area contributed by atoms with Crippen LogP contribution in [0.25, 0.3) is 0 Å². The number of amides is 1. The lowest BCUT2D eigenvalue weighted by Crippen LogP contribution is -2.48. The van der Waals surface area contributed by atoms with Crippen LogP contribution in [-0.4, -0.2) is 54.5 Å². The molecule has 1 aromatic heterocycles. The van der Waals surface area contributed by atoms with E-state index >= 15 is 0 Å². The van der Waals surface area contributed by atoms with Crippen molar-refractivity contribution in [2.45, 2.75) is 46.1 Å². The van der Waals surface area contributed by atoms with Crippen molar-refractivity contribution in [2.75, 3.05) is 26.4 Å². The SMILES string of the molecule is C=C/C=C\C=C(/C)COc1ccc(C[C@H](N)C(=O)N(Cc2ccc(F)c(Cl)n2)CC(OCC)OCC)c(F)c1. The highest BCUT2D eigenvalue weighted by Gasteiger charge is 2.26. The second kappa shape index (κ2) is 16.8. The van der Waals surface area contributed by atoms with Crippen molar-refractivity contribution in [1.29, 1.82) is 0 Å². The summed E-state index contributed by atoms with van der Waals surface area (Å²) in [5.74, 6) is -1.33. The average Bonchev–Trinajstić information content (AvgIpc) is 2.90. The number of rotatable bonds is 16. The zero-order valence-electron chi connectivity index (χ0n) is 22.5. The number of carbonyl (C=O) groups is 1. The number of nitrogens with zero attached hydrogens (tertiary/aromatic N) is 2. The highest BCUT2D eigenvalue weighted by atomic mass is 35.5. The molecular weight excluding hydrogens is 528 g/mol. The Balaban J connectivity index is 2.15. The summed E-state index contributed by atoms with van der Waals surface area (Å²) in [6, 6.07) is 5.96. The first-order chi connectivity index (χ1) is 18.7. The summed E-state index contributed by atoms with van der Waals surface area (Å²) in [5, 5.41) is -0.307. The maximum atomic E-state index is 14.9. The van der Waals surface area contributed by atoms with Crippen LogP contribution in [0.2, 0.25) is 5.15 Å². The van der Waals surface area contributed by atoms with Crippen LogP contribution in [-0.2, 0) is 27.2 Å². The van der Waals surface area contributed by atoms with E-state index in [1.54, 1.807) is 38.1 Å². The molecule has 7 nitrogen and oxygen atoms in total. The van der Waals surface area contributed by atoms with Crippen LogP contribution in [0.4, 0.5) is 8.78 Å². The normalized spacial score (nSPS) is 12.7. The zero-order valence-corrected chi connectivity index (χ0v) is 23.3. The predicted molar refractivity (Wildman–Crippen MR) is 148 cm³/mol. The molecule has 0 unspecified atom stereocenters. The molecule has 0 radical (unpaired) electrons. The Morgan fingerprint density at radius 1 is 1.15 bits per heavy atom. The van der Waals surface area contributed by atoms with Gasteiger partial charge in [0.15, 0.2) is 17.3 Å². The number of hydrogen-bond acceptors (Lipinski definition) is 6. The monoisotopic (exact) mass is 563 g/mol. The molecule has 1 heterocycles. The van der Waals surface area contributed by atoms with Gasteiger partial charge in [0.2, 0.25) is 5.91 Å². The Morgan fingerprint density at radius 3 is 2.49 bits per heavy atom. The molecule has 0 saturated carbocycles. The number of hydrogen-bond donors (Lipinski definition) is 1. The van der Waals surface area contributed by atoms with Crippen molar-refractivity contribution in [3.8, 4) is 5.75 Å². The summed E-state index contributed by atoms with van der Waals surface area (Å²) in [6.45, 7) is 10.1. The summed E-state index contributed by atoms with van der Waals surface area (Å²) in [6.07, 6.45) is 6.40. The summed E-state index contributed by atoms with van der Waals surface area (Å²) in [5.41, 5.74) is 7.81. The van der Waals surface area contributed by atoms with Crippen molar-refractivity contribution in [3.63, 3.8) is 0 Å². The number of benzene rings is 1. The predicted octanol–water partition coefficient (Wildman–Crippen LogP) is 5.38. The van der Waals surface area contributed by atoms with Gasteiger partial charge in [-0.3, -0.25) is 4.79 Å². The molecule has 212 valence electrons. The third kappa shape index (κ3) is 10.9. The quantitative estimate of drug-likeness (QED) is 0.168. The number of aromatic nitrogens is 1. The van der Waals surface area contributed by atoms with E-state index in [4.69, 9.17) is 31.5 Å². The van der Waals surface area contributed by atoms with Crippen molar-refractivity contribution >= 4 is 17.5 Å². The van der Waals surface area contributed by atoms with Gasteiger partial charge in [0, 0.05) is 19.3 Å². The van der Waals surface area contributed by atoms with Gasteiger partial charge >= 0.3 is 0 Å². The van der Waals surface area contributed by atoms with Crippen LogP contribution >= 0.6 is 11.6 Å². The van der Waals surface area contributed by atoms with Crippen LogP contribution < -0.4 is 10.5 Å². The molecule has 1 aromatic carbocycles. The Kier molecular flexibility index (Phi) is 13.8. The highest BCUT2D eigenvalue weighted by Crippen LogP contribution is 2.20. The minimum absolute atomic E-state index is 0.0205. The van der Waals surface area contributed by atoms with E-state index in [-0.39, 0.29) is 36.8 Å². The topological polar surface area (TPSA) is 86.9 Å². The standard InChI is InChI=1S/C29H36ClF2N3O4/c1-5-8-9-10-20(4)19-39-23-13-11-21(25(32)16-23)15-26(33)29(36)35(18-27(37-6-2)38-7-3)17-22-12-14-24(31)28(30)34-22/h5,8-14,16,26-27H,1,6-7,15,17-19,33H2,2-4H3/b9-8-,20-10+/t26-/m0/s1. The lowest BCUT2D eigenvalue weighted by molar-refractivity contribution is -0.160. The van der Waals surface area contributed by atoms with E-state index in [1.807, 2.05) is 19.1 Å². The molecule has 10 heteroatoms. The first-order valence-corrected chi connectivity index (χ1v) is 13.0. The summed E-state index contributed by atoms with van der Waals surface area (Å²) in [4.78, 5) is 18.8. The van der Waals surface area contributed by atoms with Gasteiger partial charge in [0.1, 0.15) is 18.2 Å². The molecule has 0 spiro atoms. The molecule has 0 bridgehead atoms. The number of nitrogens with two attached hydrogens (primary N) is 1. The Hall–Kier alpha value is -3.11. The van der Waals surface area contributed by atoms with Crippen LogP contribution in [0.15, 0.2) is 66.8 Å².